The minimum Gasteiger partial charge on any atom is -0.336 e. The van der Waals surface area contributed by atoms with Gasteiger partial charge in [0.1, 0.15) is 4.88 Å². The summed E-state index contributed by atoms with van der Waals surface area (Å²) in [7, 11) is 0. The van der Waals surface area contributed by atoms with Crippen molar-refractivity contribution < 1.29 is 4.79 Å². The Labute approximate surface area is 106 Å². The average Bonchev–Trinajstić information content (AvgIpc) is 2.83. The van der Waals surface area contributed by atoms with E-state index in [0.29, 0.717) is 6.54 Å². The molecule has 1 amide bonds. The van der Waals surface area contributed by atoms with Crippen molar-refractivity contribution in [1.29, 1.82) is 0 Å². The maximum Gasteiger partial charge on any atom is 0.265 e. The van der Waals surface area contributed by atoms with Crippen LogP contribution >= 0.6 is 11.3 Å². The van der Waals surface area contributed by atoms with Crippen LogP contribution in [0.1, 0.15) is 42.6 Å². The molecule has 0 radical (unpaired) electrons. The largest absolute Gasteiger partial charge is 0.336 e. The Bertz CT molecular complexity index is 422. The molecule has 0 aliphatic carbocycles. The number of hydrogen-bond donors (Lipinski definition) is 1. The van der Waals surface area contributed by atoms with Crippen molar-refractivity contribution in [2.75, 3.05) is 13.1 Å². The molecule has 0 aromatic carbocycles. The number of amides is 1. The molecular weight excluding hydrogens is 234 g/mol. The lowest BCUT2D eigenvalue weighted by molar-refractivity contribution is 0.0793. The number of likely N-dealkylation sites (tertiary alicyclic amines) is 1. The highest BCUT2D eigenvalue weighted by atomic mass is 32.1. The maximum atomic E-state index is 12.4. The van der Waals surface area contributed by atoms with Gasteiger partial charge in [0.15, 0.2) is 0 Å². The Kier molecular flexibility index (Phi) is 3.23. The van der Waals surface area contributed by atoms with Crippen LogP contribution in [0.2, 0.25) is 0 Å². The predicted octanol–water partition coefficient (Wildman–Crippen LogP) is 1.61. The van der Waals surface area contributed by atoms with Gasteiger partial charge in [-0.1, -0.05) is 20.8 Å². The van der Waals surface area contributed by atoms with Crippen molar-refractivity contribution in [2.45, 2.75) is 38.6 Å². The van der Waals surface area contributed by atoms with Gasteiger partial charge < -0.3 is 10.6 Å². The number of carbonyl (C=O) groups is 1. The topological polar surface area (TPSA) is 59.2 Å². The molecule has 5 heteroatoms. The molecule has 1 aliphatic heterocycles. The number of nitrogens with zero attached hydrogens (tertiary/aromatic N) is 2. The summed E-state index contributed by atoms with van der Waals surface area (Å²) >= 11 is 1.43. The van der Waals surface area contributed by atoms with E-state index in [1.54, 1.807) is 5.51 Å². The molecule has 2 heterocycles. The van der Waals surface area contributed by atoms with E-state index in [1.165, 1.54) is 11.3 Å². The van der Waals surface area contributed by atoms with Crippen molar-refractivity contribution >= 4 is 17.2 Å². The van der Waals surface area contributed by atoms with E-state index in [4.69, 9.17) is 5.73 Å². The smallest absolute Gasteiger partial charge is 0.265 e. The van der Waals surface area contributed by atoms with Gasteiger partial charge in [0, 0.05) is 24.5 Å². The van der Waals surface area contributed by atoms with Crippen LogP contribution < -0.4 is 5.73 Å². The van der Waals surface area contributed by atoms with Gasteiger partial charge in [-0.25, -0.2) is 4.98 Å². The third kappa shape index (κ3) is 2.50. The van der Waals surface area contributed by atoms with Crippen LogP contribution in [0.15, 0.2) is 5.51 Å². The van der Waals surface area contributed by atoms with Gasteiger partial charge in [-0.15, -0.1) is 11.3 Å². The van der Waals surface area contributed by atoms with Crippen LogP contribution in [0.4, 0.5) is 0 Å². The third-order valence-corrected chi connectivity index (χ3v) is 3.80. The fourth-order valence-corrected chi connectivity index (χ4v) is 3.01. The average molecular weight is 253 g/mol. The van der Waals surface area contributed by atoms with Gasteiger partial charge in [0.05, 0.1) is 11.2 Å². The molecule has 0 saturated carbocycles. The van der Waals surface area contributed by atoms with E-state index in [-0.39, 0.29) is 17.4 Å². The molecule has 0 unspecified atom stereocenters. The Hall–Kier alpha value is -0.940. The summed E-state index contributed by atoms with van der Waals surface area (Å²) in [5, 5.41) is 0. The van der Waals surface area contributed by atoms with E-state index >= 15 is 0 Å². The number of carbonyl (C=O) groups excluding carboxylic acids is 1. The van der Waals surface area contributed by atoms with E-state index in [1.807, 2.05) is 4.90 Å². The molecule has 1 saturated heterocycles. The molecule has 1 fully saturated rings. The summed E-state index contributed by atoms with van der Waals surface area (Å²) in [6.45, 7) is 7.67. The van der Waals surface area contributed by atoms with Gasteiger partial charge in [-0.05, 0) is 6.42 Å². The SMILES string of the molecule is CC(C)(C)c1ncsc1C(=O)N1CC[C@@H](N)C1. The summed E-state index contributed by atoms with van der Waals surface area (Å²) < 4.78 is 0. The van der Waals surface area contributed by atoms with Gasteiger partial charge in [0.25, 0.3) is 5.91 Å². The summed E-state index contributed by atoms with van der Waals surface area (Å²) in [5.74, 6) is 0.0883. The first-order chi connectivity index (χ1) is 7.89. The van der Waals surface area contributed by atoms with Crippen molar-refractivity contribution in [3.8, 4) is 0 Å². The molecule has 17 heavy (non-hydrogen) atoms. The highest BCUT2D eigenvalue weighted by molar-refractivity contribution is 7.11. The fourth-order valence-electron chi connectivity index (χ4n) is 2.05. The summed E-state index contributed by atoms with van der Waals surface area (Å²) in [6, 6.07) is 0.130. The molecule has 94 valence electrons. The Morgan fingerprint density at radius 2 is 2.29 bits per heavy atom. The van der Waals surface area contributed by atoms with Gasteiger partial charge in [-0.2, -0.15) is 0 Å². The first-order valence-electron chi connectivity index (χ1n) is 5.88. The van der Waals surface area contributed by atoms with Crippen LogP contribution in [0.5, 0.6) is 0 Å². The number of aromatic nitrogens is 1. The highest BCUT2D eigenvalue weighted by Crippen LogP contribution is 2.28. The van der Waals surface area contributed by atoms with Crippen molar-refractivity contribution in [3.05, 3.63) is 16.1 Å². The minimum absolute atomic E-state index is 0.0883. The van der Waals surface area contributed by atoms with Crippen LogP contribution in [-0.2, 0) is 5.41 Å². The lowest BCUT2D eigenvalue weighted by Gasteiger charge is -2.20. The summed E-state index contributed by atoms with van der Waals surface area (Å²) in [5.41, 5.74) is 8.39. The van der Waals surface area contributed by atoms with Crippen LogP contribution in [0.25, 0.3) is 0 Å². The molecule has 0 bridgehead atoms. The minimum atomic E-state index is -0.0904. The molecule has 4 nitrogen and oxygen atoms in total. The molecule has 1 aliphatic rings. The van der Waals surface area contributed by atoms with E-state index < -0.39 is 0 Å². The standard InChI is InChI=1S/C12H19N3OS/c1-12(2,3)10-9(17-7-14-10)11(16)15-5-4-8(13)6-15/h7-8H,4-6,13H2,1-3H3/t8-/m1/s1. The van der Waals surface area contributed by atoms with Crippen LogP contribution in [0, 0.1) is 0 Å². The second-order valence-electron chi connectivity index (χ2n) is 5.58. The highest BCUT2D eigenvalue weighted by Gasteiger charge is 2.30. The number of thiazole rings is 1. The second kappa shape index (κ2) is 4.38. The quantitative estimate of drug-likeness (QED) is 0.827. The second-order valence-corrected chi connectivity index (χ2v) is 6.43. The molecule has 1 aromatic heterocycles. The molecule has 0 spiro atoms. The van der Waals surface area contributed by atoms with Crippen LogP contribution in [-0.4, -0.2) is 34.9 Å². The summed E-state index contributed by atoms with van der Waals surface area (Å²) in [6.07, 6.45) is 0.898. The van der Waals surface area contributed by atoms with Crippen molar-refractivity contribution in [1.82, 2.24) is 9.88 Å². The molecule has 2 rings (SSSR count). The van der Waals surface area contributed by atoms with Crippen molar-refractivity contribution in [3.63, 3.8) is 0 Å². The number of rotatable bonds is 1. The Morgan fingerprint density at radius 3 is 2.82 bits per heavy atom. The Balaban J connectivity index is 2.23. The predicted molar refractivity (Wildman–Crippen MR) is 69.3 cm³/mol. The van der Waals surface area contributed by atoms with Gasteiger partial charge >= 0.3 is 0 Å². The van der Waals surface area contributed by atoms with Crippen LogP contribution in [0.3, 0.4) is 0 Å². The zero-order chi connectivity index (χ0) is 12.6. The van der Waals surface area contributed by atoms with E-state index in [9.17, 15) is 4.79 Å². The monoisotopic (exact) mass is 253 g/mol. The number of nitrogens with two attached hydrogens (primary N) is 1. The van der Waals surface area contributed by atoms with Crippen molar-refractivity contribution in [2.24, 2.45) is 5.73 Å². The van der Waals surface area contributed by atoms with Gasteiger partial charge in [0.2, 0.25) is 0 Å². The van der Waals surface area contributed by atoms with E-state index in [2.05, 4.69) is 25.8 Å². The fraction of sp³-hybridized carbons (Fsp3) is 0.667. The molecule has 2 N–H and O–H groups in total. The first-order valence-corrected chi connectivity index (χ1v) is 6.76. The van der Waals surface area contributed by atoms with E-state index in [0.717, 1.165) is 23.5 Å². The zero-order valence-corrected chi connectivity index (χ0v) is 11.4. The Morgan fingerprint density at radius 1 is 1.59 bits per heavy atom. The molecular formula is C12H19N3OS. The lowest BCUT2D eigenvalue weighted by atomic mass is 9.91. The molecule has 1 atom stereocenters. The third-order valence-electron chi connectivity index (χ3n) is 2.98. The number of hydrogen-bond acceptors (Lipinski definition) is 4. The maximum absolute atomic E-state index is 12.4. The molecule has 1 aromatic rings. The summed E-state index contributed by atoms with van der Waals surface area (Å²) in [4.78, 5) is 19.3. The lowest BCUT2D eigenvalue weighted by Crippen LogP contribution is -2.32. The zero-order valence-electron chi connectivity index (χ0n) is 10.6. The normalized spacial score (nSPS) is 20.9. The first kappa shape index (κ1) is 12.5. The van der Waals surface area contributed by atoms with Gasteiger partial charge in [-0.3, -0.25) is 4.79 Å².